The molecule has 0 aliphatic heterocycles. The number of aromatic nitrogens is 3. The summed E-state index contributed by atoms with van der Waals surface area (Å²) in [5.74, 6) is -0.353. The molecule has 0 fully saturated rings. The summed E-state index contributed by atoms with van der Waals surface area (Å²) in [6, 6.07) is 19.4. The largest absolute Gasteiger partial charge is 0.442 e. The van der Waals surface area contributed by atoms with Gasteiger partial charge in [0.25, 0.3) is 0 Å². The molecule has 0 radical (unpaired) electrons. The highest BCUT2D eigenvalue weighted by Gasteiger charge is 2.27. The van der Waals surface area contributed by atoms with Gasteiger partial charge in [-0.1, -0.05) is 30.3 Å². The molecule has 4 rings (SSSR count). The van der Waals surface area contributed by atoms with E-state index in [4.69, 9.17) is 4.74 Å². The first kappa shape index (κ1) is 23.0. The average Bonchev–Trinajstić information content (AvgIpc) is 3.19. The second-order valence-electron chi connectivity index (χ2n) is 8.69. The second-order valence-corrected chi connectivity index (χ2v) is 8.69. The molecule has 0 amide bonds. The Morgan fingerprint density at radius 3 is 2.32 bits per heavy atom. The summed E-state index contributed by atoms with van der Waals surface area (Å²) < 4.78 is 20.5. The molecule has 0 bridgehead atoms. The van der Waals surface area contributed by atoms with Crippen LogP contribution in [0.1, 0.15) is 32.0 Å². The van der Waals surface area contributed by atoms with Gasteiger partial charge in [0, 0.05) is 29.7 Å². The minimum absolute atomic E-state index is 0.181. The standard InChI is InChI=1S/C27H25FN4O2/c1-27(2,3)34-26(33)32-23(18-30-17-19-7-5-4-6-8-19)24(20-13-15-29-16-14-20)25(31-32)21-9-11-22(28)12-10-21/h4-17H,18H2,1-3H3. The molecule has 0 unspecified atom stereocenters. The lowest BCUT2D eigenvalue weighted by Gasteiger charge is -2.19. The van der Waals surface area contributed by atoms with E-state index < -0.39 is 11.7 Å². The number of aliphatic imine (C=N–C) groups is 1. The molecule has 2 aromatic heterocycles. The Morgan fingerprint density at radius 2 is 1.68 bits per heavy atom. The van der Waals surface area contributed by atoms with Gasteiger partial charge in [0.1, 0.15) is 17.1 Å². The van der Waals surface area contributed by atoms with Crippen molar-refractivity contribution >= 4 is 12.3 Å². The number of hydrogen-bond donors (Lipinski definition) is 0. The van der Waals surface area contributed by atoms with Gasteiger partial charge in [-0.3, -0.25) is 9.98 Å². The summed E-state index contributed by atoms with van der Waals surface area (Å²) in [5.41, 5.74) is 3.52. The topological polar surface area (TPSA) is 69.4 Å². The molecule has 34 heavy (non-hydrogen) atoms. The van der Waals surface area contributed by atoms with Crippen LogP contribution >= 0.6 is 0 Å². The Hall–Kier alpha value is -4.13. The first-order chi connectivity index (χ1) is 16.3. The molecule has 0 saturated heterocycles. The normalized spacial score (nSPS) is 11.6. The maximum Gasteiger partial charge on any atom is 0.435 e. The van der Waals surface area contributed by atoms with Crippen molar-refractivity contribution in [3.05, 3.63) is 96.2 Å². The molecule has 2 aromatic carbocycles. The van der Waals surface area contributed by atoms with Crippen molar-refractivity contribution in [2.75, 3.05) is 0 Å². The van der Waals surface area contributed by atoms with Crippen LogP contribution in [0.2, 0.25) is 0 Å². The number of pyridine rings is 1. The fraction of sp³-hybridized carbons (Fsp3) is 0.185. The molecule has 0 saturated carbocycles. The SMILES string of the molecule is CC(C)(C)OC(=O)n1nc(-c2ccc(F)cc2)c(-c2ccncc2)c1CN=Cc1ccccc1. The van der Waals surface area contributed by atoms with Crippen molar-refractivity contribution in [3.63, 3.8) is 0 Å². The summed E-state index contributed by atoms with van der Waals surface area (Å²) in [5, 5.41) is 4.62. The molecule has 4 aromatic rings. The lowest BCUT2D eigenvalue weighted by atomic mass is 9.99. The van der Waals surface area contributed by atoms with Crippen LogP contribution in [0.15, 0.2) is 84.1 Å². The van der Waals surface area contributed by atoms with Crippen molar-refractivity contribution in [3.8, 4) is 22.4 Å². The molecular formula is C27H25FN4O2. The first-order valence-corrected chi connectivity index (χ1v) is 10.9. The van der Waals surface area contributed by atoms with Crippen LogP contribution in [0, 0.1) is 5.82 Å². The van der Waals surface area contributed by atoms with E-state index in [0.29, 0.717) is 22.5 Å². The summed E-state index contributed by atoms with van der Waals surface area (Å²) in [6.45, 7) is 5.57. The van der Waals surface area contributed by atoms with Crippen molar-refractivity contribution in [1.29, 1.82) is 0 Å². The zero-order valence-corrected chi connectivity index (χ0v) is 19.3. The zero-order chi connectivity index (χ0) is 24.1. The Balaban J connectivity index is 1.88. The number of ether oxygens (including phenoxy) is 1. The number of halogens is 1. The highest BCUT2D eigenvalue weighted by molar-refractivity contribution is 5.86. The van der Waals surface area contributed by atoms with Crippen LogP contribution in [-0.2, 0) is 11.3 Å². The number of carbonyl (C=O) groups excluding carboxylic acids is 1. The van der Waals surface area contributed by atoms with E-state index >= 15 is 0 Å². The average molecular weight is 457 g/mol. The van der Waals surface area contributed by atoms with Gasteiger partial charge in [0.05, 0.1) is 12.2 Å². The minimum Gasteiger partial charge on any atom is -0.442 e. The molecule has 7 heteroatoms. The number of carbonyl (C=O) groups is 1. The monoisotopic (exact) mass is 456 g/mol. The van der Waals surface area contributed by atoms with E-state index in [1.807, 2.05) is 42.5 Å². The predicted octanol–water partition coefficient (Wildman–Crippen LogP) is 6.15. The number of hydrogen-bond acceptors (Lipinski definition) is 5. The van der Waals surface area contributed by atoms with Gasteiger partial charge in [-0.2, -0.15) is 9.78 Å². The Labute approximate surface area is 197 Å². The van der Waals surface area contributed by atoms with Crippen LogP contribution in [0.4, 0.5) is 9.18 Å². The number of nitrogens with zero attached hydrogens (tertiary/aromatic N) is 4. The third kappa shape index (κ3) is 5.43. The molecule has 0 N–H and O–H groups in total. The van der Waals surface area contributed by atoms with Crippen LogP contribution in [-0.4, -0.2) is 32.7 Å². The number of rotatable bonds is 5. The summed E-state index contributed by atoms with van der Waals surface area (Å²) in [7, 11) is 0. The number of benzene rings is 2. The van der Waals surface area contributed by atoms with Gasteiger partial charge in [0.2, 0.25) is 0 Å². The molecule has 6 nitrogen and oxygen atoms in total. The zero-order valence-electron chi connectivity index (χ0n) is 19.3. The van der Waals surface area contributed by atoms with Crippen molar-refractivity contribution in [2.24, 2.45) is 4.99 Å². The van der Waals surface area contributed by atoms with Crippen LogP contribution in [0.3, 0.4) is 0 Å². The lowest BCUT2D eigenvalue weighted by Crippen LogP contribution is -2.28. The third-order valence-electron chi connectivity index (χ3n) is 4.92. The van der Waals surface area contributed by atoms with Gasteiger partial charge >= 0.3 is 6.09 Å². The van der Waals surface area contributed by atoms with Gasteiger partial charge in [-0.05, 0) is 68.3 Å². The molecule has 172 valence electrons. The summed E-state index contributed by atoms with van der Waals surface area (Å²) in [6.07, 6.45) is 4.48. The second kappa shape index (κ2) is 9.79. The lowest BCUT2D eigenvalue weighted by molar-refractivity contribution is 0.0510. The van der Waals surface area contributed by atoms with Crippen LogP contribution in [0.25, 0.3) is 22.4 Å². The van der Waals surface area contributed by atoms with Gasteiger partial charge in [-0.15, -0.1) is 0 Å². The van der Waals surface area contributed by atoms with E-state index in [2.05, 4.69) is 15.1 Å². The van der Waals surface area contributed by atoms with Gasteiger partial charge < -0.3 is 4.74 Å². The van der Waals surface area contributed by atoms with Gasteiger partial charge in [0.15, 0.2) is 0 Å². The van der Waals surface area contributed by atoms with E-state index in [0.717, 1.165) is 11.1 Å². The maximum atomic E-state index is 13.6. The third-order valence-corrected chi connectivity index (χ3v) is 4.92. The van der Waals surface area contributed by atoms with Crippen LogP contribution in [0.5, 0.6) is 0 Å². The van der Waals surface area contributed by atoms with E-state index in [1.54, 1.807) is 51.5 Å². The Bertz CT molecular complexity index is 1290. The first-order valence-electron chi connectivity index (χ1n) is 10.9. The van der Waals surface area contributed by atoms with Crippen molar-refractivity contribution in [2.45, 2.75) is 32.9 Å². The molecule has 0 atom stereocenters. The van der Waals surface area contributed by atoms with Crippen LogP contribution < -0.4 is 0 Å². The minimum atomic E-state index is -0.708. The van der Waals surface area contributed by atoms with E-state index in [1.165, 1.54) is 16.8 Å². The van der Waals surface area contributed by atoms with E-state index in [9.17, 15) is 9.18 Å². The molecule has 2 heterocycles. The maximum absolute atomic E-state index is 13.6. The summed E-state index contributed by atoms with van der Waals surface area (Å²) in [4.78, 5) is 21.8. The Morgan fingerprint density at radius 1 is 1.00 bits per heavy atom. The van der Waals surface area contributed by atoms with Gasteiger partial charge in [-0.25, -0.2) is 9.18 Å². The predicted molar refractivity (Wildman–Crippen MR) is 130 cm³/mol. The Kier molecular flexibility index (Phi) is 6.63. The van der Waals surface area contributed by atoms with Crippen molar-refractivity contribution in [1.82, 2.24) is 14.8 Å². The van der Waals surface area contributed by atoms with E-state index in [-0.39, 0.29) is 12.4 Å². The molecule has 0 aliphatic rings. The highest BCUT2D eigenvalue weighted by atomic mass is 19.1. The fourth-order valence-corrected chi connectivity index (χ4v) is 3.46. The quantitative estimate of drug-likeness (QED) is 0.338. The summed E-state index contributed by atoms with van der Waals surface area (Å²) >= 11 is 0. The fourth-order valence-electron chi connectivity index (χ4n) is 3.46. The highest BCUT2D eigenvalue weighted by Crippen LogP contribution is 2.35. The van der Waals surface area contributed by atoms with Crippen molar-refractivity contribution < 1.29 is 13.9 Å². The molecular weight excluding hydrogens is 431 g/mol. The smallest absolute Gasteiger partial charge is 0.435 e. The molecule has 0 aliphatic carbocycles. The molecule has 0 spiro atoms.